The van der Waals surface area contributed by atoms with Gasteiger partial charge in [0.2, 0.25) is 5.91 Å². The molecule has 114 valence electrons. The van der Waals surface area contributed by atoms with Gasteiger partial charge in [-0.05, 0) is 32.6 Å². The van der Waals surface area contributed by atoms with Crippen LogP contribution in [-0.4, -0.2) is 25.2 Å². The monoisotopic (exact) mass is 288 g/mol. The average Bonchev–Trinajstić information content (AvgIpc) is 2.84. The van der Waals surface area contributed by atoms with Gasteiger partial charge in [0.1, 0.15) is 5.41 Å². The predicted molar refractivity (Wildman–Crippen MR) is 79.2 cm³/mol. The summed E-state index contributed by atoms with van der Waals surface area (Å²) in [6.45, 7) is 7.25. The zero-order valence-corrected chi connectivity index (χ0v) is 12.8. The van der Waals surface area contributed by atoms with E-state index in [0.29, 0.717) is 12.5 Å². The summed E-state index contributed by atoms with van der Waals surface area (Å²) in [6.07, 6.45) is 6.14. The molecule has 2 aliphatic carbocycles. The summed E-state index contributed by atoms with van der Waals surface area (Å²) in [4.78, 5) is 12.6. The Morgan fingerprint density at radius 3 is 2.81 bits per heavy atom. The molecule has 0 bridgehead atoms. The molecule has 3 aliphatic rings. The van der Waals surface area contributed by atoms with E-state index in [2.05, 4.69) is 18.0 Å². The third-order valence-electron chi connectivity index (χ3n) is 5.75. The van der Waals surface area contributed by atoms with Crippen molar-refractivity contribution in [2.75, 3.05) is 13.2 Å². The van der Waals surface area contributed by atoms with Crippen LogP contribution in [0.1, 0.15) is 45.4 Å². The van der Waals surface area contributed by atoms with Crippen molar-refractivity contribution in [3.05, 3.63) is 12.2 Å². The van der Waals surface area contributed by atoms with Crippen molar-refractivity contribution in [3.8, 4) is 6.07 Å². The molecule has 21 heavy (non-hydrogen) atoms. The van der Waals surface area contributed by atoms with Gasteiger partial charge >= 0.3 is 0 Å². The molecule has 0 aromatic rings. The largest absolute Gasteiger partial charge is 0.374 e. The van der Waals surface area contributed by atoms with E-state index < -0.39 is 5.41 Å². The van der Waals surface area contributed by atoms with Crippen LogP contribution >= 0.6 is 0 Å². The fourth-order valence-electron chi connectivity index (χ4n) is 4.41. The molecule has 0 aromatic heterocycles. The van der Waals surface area contributed by atoms with E-state index in [1.165, 1.54) is 0 Å². The van der Waals surface area contributed by atoms with Crippen LogP contribution in [0.4, 0.5) is 0 Å². The van der Waals surface area contributed by atoms with Crippen LogP contribution in [0.2, 0.25) is 0 Å². The molecule has 3 rings (SSSR count). The summed E-state index contributed by atoms with van der Waals surface area (Å²) in [7, 11) is 0. The highest BCUT2D eigenvalue weighted by atomic mass is 16.5. The SMILES string of the molecule is C=C(C)C1OCCC1CNC(=O)C1(C#N)CC12CCCC2. The van der Waals surface area contributed by atoms with Crippen LogP contribution in [0.5, 0.6) is 0 Å². The molecule has 2 saturated carbocycles. The molecule has 4 heteroatoms. The summed E-state index contributed by atoms with van der Waals surface area (Å²) in [5.74, 6) is 0.236. The molecule has 1 spiro atoms. The maximum Gasteiger partial charge on any atom is 0.241 e. The van der Waals surface area contributed by atoms with Crippen molar-refractivity contribution in [1.29, 1.82) is 5.26 Å². The zero-order chi connectivity index (χ0) is 15.1. The van der Waals surface area contributed by atoms with E-state index in [1.54, 1.807) is 0 Å². The second kappa shape index (κ2) is 5.14. The fourth-order valence-corrected chi connectivity index (χ4v) is 4.41. The first-order valence-electron chi connectivity index (χ1n) is 8.01. The summed E-state index contributed by atoms with van der Waals surface area (Å²) in [5, 5.41) is 12.6. The molecule has 0 aromatic carbocycles. The fraction of sp³-hybridized carbons (Fsp3) is 0.765. The van der Waals surface area contributed by atoms with E-state index in [1.807, 2.05) is 6.92 Å². The van der Waals surface area contributed by atoms with Gasteiger partial charge in [0.15, 0.2) is 0 Å². The van der Waals surface area contributed by atoms with E-state index in [4.69, 9.17) is 4.74 Å². The highest BCUT2D eigenvalue weighted by Gasteiger charge is 2.72. The first-order valence-corrected chi connectivity index (χ1v) is 8.01. The normalized spacial score (nSPS) is 36.4. The van der Waals surface area contributed by atoms with E-state index in [9.17, 15) is 10.1 Å². The number of hydrogen-bond acceptors (Lipinski definition) is 3. The Labute approximate surface area is 126 Å². The zero-order valence-electron chi connectivity index (χ0n) is 12.8. The Kier molecular flexibility index (Phi) is 3.57. The van der Waals surface area contributed by atoms with E-state index in [0.717, 1.165) is 50.7 Å². The number of nitrogens with one attached hydrogen (secondary N) is 1. The molecular formula is C17H24N2O2. The van der Waals surface area contributed by atoms with E-state index >= 15 is 0 Å². The molecule has 1 heterocycles. The number of nitriles is 1. The molecule has 1 saturated heterocycles. The number of carbonyl (C=O) groups is 1. The lowest BCUT2D eigenvalue weighted by Gasteiger charge is -2.21. The Bertz CT molecular complexity index is 501. The molecule has 3 fully saturated rings. The van der Waals surface area contributed by atoms with Gasteiger partial charge in [-0.3, -0.25) is 4.79 Å². The minimum atomic E-state index is -0.748. The van der Waals surface area contributed by atoms with Crippen LogP contribution < -0.4 is 5.32 Å². The molecule has 0 radical (unpaired) electrons. The van der Waals surface area contributed by atoms with Gasteiger partial charge in [0.05, 0.1) is 12.2 Å². The van der Waals surface area contributed by atoms with Crippen molar-refractivity contribution in [1.82, 2.24) is 5.32 Å². The van der Waals surface area contributed by atoms with E-state index in [-0.39, 0.29) is 17.4 Å². The number of nitrogens with zero attached hydrogens (tertiary/aromatic N) is 1. The van der Waals surface area contributed by atoms with Crippen molar-refractivity contribution in [3.63, 3.8) is 0 Å². The van der Waals surface area contributed by atoms with Crippen molar-refractivity contribution < 1.29 is 9.53 Å². The van der Waals surface area contributed by atoms with Gasteiger partial charge in [-0.2, -0.15) is 5.26 Å². The van der Waals surface area contributed by atoms with Crippen molar-refractivity contribution in [2.45, 2.75) is 51.6 Å². The Balaban J connectivity index is 1.60. The summed E-state index contributed by atoms with van der Waals surface area (Å²) in [6, 6.07) is 2.33. The molecular weight excluding hydrogens is 264 g/mol. The second-order valence-corrected chi connectivity index (χ2v) is 7.08. The lowest BCUT2D eigenvalue weighted by molar-refractivity contribution is -0.125. The van der Waals surface area contributed by atoms with Gasteiger partial charge in [0, 0.05) is 24.5 Å². The lowest BCUT2D eigenvalue weighted by Crippen LogP contribution is -2.39. The second-order valence-electron chi connectivity index (χ2n) is 7.08. The molecule has 3 atom stereocenters. The standard InChI is InChI=1S/C17H24N2O2/c1-12(2)14-13(5-8-21-14)9-19-15(20)17(11-18)10-16(17)6-3-4-7-16/h13-14H,1,3-10H2,2H3,(H,19,20). The van der Waals surface area contributed by atoms with Crippen LogP contribution in [0, 0.1) is 28.1 Å². The van der Waals surface area contributed by atoms with Gasteiger partial charge in [-0.15, -0.1) is 0 Å². The number of rotatable bonds is 4. The average molecular weight is 288 g/mol. The first-order chi connectivity index (χ1) is 10.0. The third-order valence-corrected chi connectivity index (χ3v) is 5.75. The molecule has 1 N–H and O–H groups in total. The Morgan fingerprint density at radius 1 is 1.48 bits per heavy atom. The Morgan fingerprint density at radius 2 is 2.19 bits per heavy atom. The maximum atomic E-state index is 12.6. The smallest absolute Gasteiger partial charge is 0.241 e. The molecule has 4 nitrogen and oxygen atoms in total. The lowest BCUT2D eigenvalue weighted by atomic mass is 9.90. The quantitative estimate of drug-likeness (QED) is 0.809. The predicted octanol–water partition coefficient (Wildman–Crippen LogP) is 2.56. The molecule has 1 aliphatic heterocycles. The minimum absolute atomic E-state index is 0.00817. The van der Waals surface area contributed by atoms with Crippen LogP contribution in [-0.2, 0) is 9.53 Å². The summed E-state index contributed by atoms with van der Waals surface area (Å²) >= 11 is 0. The van der Waals surface area contributed by atoms with Gasteiger partial charge in [0.25, 0.3) is 0 Å². The number of ether oxygens (including phenoxy) is 1. The van der Waals surface area contributed by atoms with Gasteiger partial charge in [-0.1, -0.05) is 25.0 Å². The minimum Gasteiger partial charge on any atom is -0.374 e. The maximum absolute atomic E-state index is 12.6. The van der Waals surface area contributed by atoms with Crippen LogP contribution in [0.3, 0.4) is 0 Å². The van der Waals surface area contributed by atoms with Gasteiger partial charge < -0.3 is 10.1 Å². The van der Waals surface area contributed by atoms with Crippen LogP contribution in [0.25, 0.3) is 0 Å². The number of hydrogen-bond donors (Lipinski definition) is 1. The third kappa shape index (κ3) is 2.19. The van der Waals surface area contributed by atoms with Crippen molar-refractivity contribution in [2.24, 2.45) is 16.7 Å². The van der Waals surface area contributed by atoms with Crippen LogP contribution in [0.15, 0.2) is 12.2 Å². The number of amides is 1. The molecule has 1 amide bonds. The van der Waals surface area contributed by atoms with Crippen molar-refractivity contribution >= 4 is 5.91 Å². The molecule has 3 unspecified atom stereocenters. The first kappa shape index (κ1) is 14.6. The number of carbonyl (C=O) groups excluding carboxylic acids is 1. The Hall–Kier alpha value is -1.34. The van der Waals surface area contributed by atoms with Gasteiger partial charge in [-0.25, -0.2) is 0 Å². The highest BCUT2D eigenvalue weighted by molar-refractivity contribution is 5.90. The summed E-state index contributed by atoms with van der Waals surface area (Å²) < 4.78 is 5.66. The topological polar surface area (TPSA) is 62.1 Å². The summed E-state index contributed by atoms with van der Waals surface area (Å²) in [5.41, 5.74) is 0.258. The highest BCUT2D eigenvalue weighted by Crippen LogP contribution is 2.71.